The monoisotopic (exact) mass is 248 g/mol. The molecule has 18 heavy (non-hydrogen) atoms. The molecule has 0 aromatic heterocycles. The Morgan fingerprint density at radius 3 is 2.61 bits per heavy atom. The standard InChI is InChI=1S/C15H24N2O/c1-12-11-14(3-4-15(12)18-2)13-5-8-17(9-6-13)10-7-16/h3-4,11,13H,5-10,16H2,1-2H3. The van der Waals surface area contributed by atoms with Gasteiger partial charge in [-0.3, -0.25) is 0 Å². The number of aryl methyl sites for hydroxylation is 1. The van der Waals surface area contributed by atoms with Crippen LogP contribution >= 0.6 is 0 Å². The first-order chi connectivity index (χ1) is 8.74. The van der Waals surface area contributed by atoms with Gasteiger partial charge in [0.2, 0.25) is 0 Å². The molecule has 1 heterocycles. The Morgan fingerprint density at radius 1 is 1.33 bits per heavy atom. The van der Waals surface area contributed by atoms with E-state index in [2.05, 4.69) is 30.0 Å². The molecule has 2 N–H and O–H groups in total. The average molecular weight is 248 g/mol. The van der Waals surface area contributed by atoms with Crippen LogP contribution < -0.4 is 10.5 Å². The first-order valence-electron chi connectivity index (χ1n) is 6.81. The van der Waals surface area contributed by atoms with Crippen molar-refractivity contribution in [2.45, 2.75) is 25.7 Å². The largest absolute Gasteiger partial charge is 0.496 e. The summed E-state index contributed by atoms with van der Waals surface area (Å²) in [6, 6.07) is 6.59. The number of piperidine rings is 1. The summed E-state index contributed by atoms with van der Waals surface area (Å²) in [6.07, 6.45) is 2.48. The molecule has 1 aromatic rings. The fraction of sp³-hybridized carbons (Fsp3) is 0.600. The molecule has 1 fully saturated rings. The van der Waals surface area contributed by atoms with Crippen molar-refractivity contribution in [2.75, 3.05) is 33.3 Å². The number of nitrogens with two attached hydrogens (primary N) is 1. The summed E-state index contributed by atoms with van der Waals surface area (Å²) >= 11 is 0. The minimum absolute atomic E-state index is 0.698. The van der Waals surface area contributed by atoms with E-state index in [1.807, 2.05) is 0 Å². The minimum atomic E-state index is 0.698. The number of benzene rings is 1. The van der Waals surface area contributed by atoms with E-state index in [4.69, 9.17) is 10.5 Å². The van der Waals surface area contributed by atoms with Gasteiger partial charge in [0, 0.05) is 13.1 Å². The van der Waals surface area contributed by atoms with E-state index < -0.39 is 0 Å². The molecule has 2 rings (SSSR count). The molecule has 100 valence electrons. The van der Waals surface area contributed by atoms with Crippen LogP contribution in [0.15, 0.2) is 18.2 Å². The Balaban J connectivity index is 1.99. The average Bonchev–Trinajstić information content (AvgIpc) is 2.40. The third-order valence-electron chi connectivity index (χ3n) is 3.92. The van der Waals surface area contributed by atoms with Crippen molar-refractivity contribution in [2.24, 2.45) is 5.73 Å². The van der Waals surface area contributed by atoms with Crippen LogP contribution in [0.4, 0.5) is 0 Å². The quantitative estimate of drug-likeness (QED) is 0.887. The number of hydrogen-bond acceptors (Lipinski definition) is 3. The second-order valence-corrected chi connectivity index (χ2v) is 5.13. The maximum absolute atomic E-state index is 5.60. The van der Waals surface area contributed by atoms with E-state index >= 15 is 0 Å². The second kappa shape index (κ2) is 6.21. The Labute approximate surface area is 110 Å². The van der Waals surface area contributed by atoms with Gasteiger partial charge in [0.15, 0.2) is 0 Å². The van der Waals surface area contributed by atoms with Crippen molar-refractivity contribution in [1.82, 2.24) is 4.90 Å². The van der Waals surface area contributed by atoms with Gasteiger partial charge in [-0.2, -0.15) is 0 Å². The second-order valence-electron chi connectivity index (χ2n) is 5.13. The lowest BCUT2D eigenvalue weighted by molar-refractivity contribution is 0.217. The van der Waals surface area contributed by atoms with E-state index in [9.17, 15) is 0 Å². The maximum Gasteiger partial charge on any atom is 0.121 e. The molecule has 0 spiro atoms. The fourth-order valence-corrected chi connectivity index (χ4v) is 2.83. The Kier molecular flexibility index (Phi) is 4.61. The lowest BCUT2D eigenvalue weighted by atomic mass is 9.88. The molecule has 0 bridgehead atoms. The molecule has 1 aliphatic rings. The van der Waals surface area contributed by atoms with Gasteiger partial charge in [-0.05, 0) is 56.0 Å². The Morgan fingerprint density at radius 2 is 2.06 bits per heavy atom. The number of nitrogens with zero attached hydrogens (tertiary/aromatic N) is 1. The summed E-state index contributed by atoms with van der Waals surface area (Å²) in [6.45, 7) is 6.27. The predicted molar refractivity (Wildman–Crippen MR) is 75.2 cm³/mol. The Bertz CT molecular complexity index is 384. The molecular formula is C15H24N2O. The topological polar surface area (TPSA) is 38.5 Å². The van der Waals surface area contributed by atoms with Crippen LogP contribution in [-0.4, -0.2) is 38.2 Å². The summed E-state index contributed by atoms with van der Waals surface area (Å²) < 4.78 is 5.31. The number of rotatable bonds is 4. The van der Waals surface area contributed by atoms with E-state index in [-0.39, 0.29) is 0 Å². The zero-order chi connectivity index (χ0) is 13.0. The highest BCUT2D eigenvalue weighted by Crippen LogP contribution is 2.30. The van der Waals surface area contributed by atoms with Crippen molar-refractivity contribution in [3.05, 3.63) is 29.3 Å². The molecule has 0 radical (unpaired) electrons. The van der Waals surface area contributed by atoms with E-state index in [1.54, 1.807) is 7.11 Å². The molecule has 3 heteroatoms. The third-order valence-corrected chi connectivity index (χ3v) is 3.92. The zero-order valence-electron chi connectivity index (χ0n) is 11.5. The minimum Gasteiger partial charge on any atom is -0.496 e. The number of hydrogen-bond donors (Lipinski definition) is 1. The van der Waals surface area contributed by atoms with Crippen LogP contribution in [0.2, 0.25) is 0 Å². The van der Waals surface area contributed by atoms with Crippen LogP contribution in [0.25, 0.3) is 0 Å². The predicted octanol–water partition coefficient (Wildman–Crippen LogP) is 2.14. The van der Waals surface area contributed by atoms with Crippen molar-refractivity contribution < 1.29 is 4.74 Å². The normalized spacial score (nSPS) is 17.9. The van der Waals surface area contributed by atoms with Crippen molar-refractivity contribution in [1.29, 1.82) is 0 Å². The molecule has 0 atom stereocenters. The first-order valence-corrected chi connectivity index (χ1v) is 6.81. The maximum atomic E-state index is 5.60. The lowest BCUT2D eigenvalue weighted by Crippen LogP contribution is -2.36. The SMILES string of the molecule is COc1ccc(C2CCN(CCN)CC2)cc1C. The highest BCUT2D eigenvalue weighted by Gasteiger charge is 2.20. The molecule has 1 saturated heterocycles. The van der Waals surface area contributed by atoms with Crippen molar-refractivity contribution >= 4 is 0 Å². The van der Waals surface area contributed by atoms with Crippen LogP contribution in [0.3, 0.4) is 0 Å². The van der Waals surface area contributed by atoms with Gasteiger partial charge in [-0.1, -0.05) is 12.1 Å². The van der Waals surface area contributed by atoms with Gasteiger partial charge < -0.3 is 15.4 Å². The first kappa shape index (κ1) is 13.4. The molecule has 0 aliphatic carbocycles. The number of ether oxygens (including phenoxy) is 1. The van der Waals surface area contributed by atoms with Crippen molar-refractivity contribution in [3.63, 3.8) is 0 Å². The van der Waals surface area contributed by atoms with Gasteiger partial charge in [0.05, 0.1) is 7.11 Å². The highest BCUT2D eigenvalue weighted by molar-refractivity contribution is 5.37. The molecular weight excluding hydrogens is 224 g/mol. The van der Waals surface area contributed by atoms with Gasteiger partial charge >= 0.3 is 0 Å². The van der Waals surface area contributed by atoms with Crippen molar-refractivity contribution in [3.8, 4) is 5.75 Å². The van der Waals surface area contributed by atoms with Gasteiger partial charge in [0.1, 0.15) is 5.75 Å². The molecule has 0 unspecified atom stereocenters. The zero-order valence-corrected chi connectivity index (χ0v) is 11.5. The van der Waals surface area contributed by atoms with Gasteiger partial charge in [0.25, 0.3) is 0 Å². The summed E-state index contributed by atoms with van der Waals surface area (Å²) in [7, 11) is 1.73. The lowest BCUT2D eigenvalue weighted by Gasteiger charge is -2.32. The van der Waals surface area contributed by atoms with Crippen LogP contribution in [0.1, 0.15) is 29.9 Å². The highest BCUT2D eigenvalue weighted by atomic mass is 16.5. The summed E-state index contributed by atoms with van der Waals surface area (Å²) in [4.78, 5) is 2.47. The molecule has 0 saturated carbocycles. The van der Waals surface area contributed by atoms with Gasteiger partial charge in [-0.15, -0.1) is 0 Å². The summed E-state index contributed by atoms with van der Waals surface area (Å²) in [5.74, 6) is 1.68. The number of methoxy groups -OCH3 is 1. The van der Waals surface area contributed by atoms with E-state index in [0.717, 1.165) is 18.8 Å². The molecule has 1 aromatic carbocycles. The fourth-order valence-electron chi connectivity index (χ4n) is 2.83. The van der Waals surface area contributed by atoms with Crippen LogP contribution in [-0.2, 0) is 0 Å². The molecule has 3 nitrogen and oxygen atoms in total. The van der Waals surface area contributed by atoms with Gasteiger partial charge in [-0.25, -0.2) is 0 Å². The van der Waals surface area contributed by atoms with E-state index in [0.29, 0.717) is 5.92 Å². The smallest absolute Gasteiger partial charge is 0.121 e. The number of likely N-dealkylation sites (tertiary alicyclic amines) is 1. The molecule has 0 amide bonds. The molecule has 1 aliphatic heterocycles. The summed E-state index contributed by atoms with van der Waals surface area (Å²) in [5.41, 5.74) is 8.30. The van der Waals surface area contributed by atoms with E-state index in [1.165, 1.54) is 37.1 Å². The van der Waals surface area contributed by atoms with Crippen LogP contribution in [0.5, 0.6) is 5.75 Å². The Hall–Kier alpha value is -1.06. The third kappa shape index (κ3) is 3.03. The van der Waals surface area contributed by atoms with Crippen LogP contribution in [0, 0.1) is 6.92 Å². The summed E-state index contributed by atoms with van der Waals surface area (Å²) in [5, 5.41) is 0.